The summed E-state index contributed by atoms with van der Waals surface area (Å²) in [7, 11) is 3.37. The normalized spacial score (nSPS) is 16.8. The summed E-state index contributed by atoms with van der Waals surface area (Å²) in [6.45, 7) is 5.05. The minimum Gasteiger partial charge on any atom is -0.497 e. The molecule has 9 heteroatoms. The Labute approximate surface area is 238 Å². The number of nitrogens with zero attached hydrogens (tertiary/aromatic N) is 3. The molecule has 0 aliphatic carbocycles. The van der Waals surface area contributed by atoms with Gasteiger partial charge in [0.25, 0.3) is 11.8 Å². The molecule has 3 aromatic rings. The molecule has 2 heterocycles. The monoisotopic (exact) mass is 562 g/mol. The maximum atomic E-state index is 13.1. The van der Waals surface area contributed by atoms with Gasteiger partial charge < -0.3 is 19.9 Å². The standard InChI is InChI=1S/C30H31ClN4O3S/c1-33-26-19-22(8-11-27(26)39-28(30(33)37)18-21-6-9-25(38-2)10-7-21)29(36)32-12-13-34-14-16-35(17-15-34)24-5-3-4-23(31)20-24/h3-11,18-20H,12-17H2,1-2H3,(H,32,36). The van der Waals surface area contributed by atoms with E-state index in [1.54, 1.807) is 25.1 Å². The number of anilines is 2. The maximum absolute atomic E-state index is 13.1. The van der Waals surface area contributed by atoms with E-state index in [0.29, 0.717) is 17.0 Å². The van der Waals surface area contributed by atoms with Crippen LogP contribution in [0.5, 0.6) is 5.75 Å². The van der Waals surface area contributed by atoms with E-state index in [4.69, 9.17) is 16.3 Å². The summed E-state index contributed by atoms with van der Waals surface area (Å²) < 4.78 is 5.21. The molecule has 0 aromatic heterocycles. The Balaban J connectivity index is 1.15. The van der Waals surface area contributed by atoms with E-state index in [0.717, 1.165) is 65.3 Å². The Morgan fingerprint density at radius 3 is 2.54 bits per heavy atom. The first-order valence-corrected chi connectivity index (χ1v) is 14.1. The average Bonchev–Trinajstić information content (AvgIpc) is 2.96. The fourth-order valence-corrected chi connectivity index (χ4v) is 6.00. The summed E-state index contributed by atoms with van der Waals surface area (Å²) in [5.74, 6) is 0.531. The molecule has 0 saturated carbocycles. The molecule has 0 radical (unpaired) electrons. The number of hydrogen-bond donors (Lipinski definition) is 1. The van der Waals surface area contributed by atoms with Crippen molar-refractivity contribution in [1.82, 2.24) is 10.2 Å². The number of carbonyl (C=O) groups is 2. The lowest BCUT2D eigenvalue weighted by atomic mass is 10.1. The SMILES string of the molecule is COc1ccc(C=C2Sc3ccc(C(=O)NCCN4CCN(c5cccc(Cl)c5)CC4)cc3N(C)C2=O)cc1. The van der Waals surface area contributed by atoms with Crippen LogP contribution in [0, 0.1) is 0 Å². The first-order chi connectivity index (χ1) is 18.9. The predicted octanol–water partition coefficient (Wildman–Crippen LogP) is 5.01. The first kappa shape index (κ1) is 27.1. The van der Waals surface area contributed by atoms with Gasteiger partial charge in [0.05, 0.1) is 17.7 Å². The molecule has 1 fully saturated rings. The Bertz CT molecular complexity index is 1390. The number of piperazine rings is 1. The third-order valence-corrected chi connectivity index (χ3v) is 8.30. The fourth-order valence-electron chi connectivity index (χ4n) is 4.72. The number of ether oxygens (including phenoxy) is 1. The van der Waals surface area contributed by atoms with Gasteiger partial charge >= 0.3 is 0 Å². The molecule has 3 aromatic carbocycles. The van der Waals surface area contributed by atoms with Crippen LogP contribution >= 0.6 is 23.4 Å². The lowest BCUT2D eigenvalue weighted by molar-refractivity contribution is -0.114. The number of nitrogens with one attached hydrogen (secondary N) is 1. The summed E-state index contributed by atoms with van der Waals surface area (Å²) in [6, 6.07) is 21.0. The number of rotatable bonds is 7. The number of carbonyl (C=O) groups excluding carboxylic acids is 2. The molecule has 0 spiro atoms. The molecule has 0 bridgehead atoms. The minimum absolute atomic E-state index is 0.0993. The molecule has 5 rings (SSSR count). The van der Waals surface area contributed by atoms with Gasteiger partial charge in [-0.15, -0.1) is 0 Å². The van der Waals surface area contributed by atoms with Crippen LogP contribution in [0.3, 0.4) is 0 Å². The summed E-state index contributed by atoms with van der Waals surface area (Å²) in [6.07, 6.45) is 1.88. The van der Waals surface area contributed by atoms with Crippen LogP contribution in [-0.2, 0) is 4.79 Å². The van der Waals surface area contributed by atoms with Gasteiger partial charge in [-0.25, -0.2) is 0 Å². The average molecular weight is 563 g/mol. The highest BCUT2D eigenvalue weighted by atomic mass is 35.5. The van der Waals surface area contributed by atoms with E-state index in [1.165, 1.54) is 11.8 Å². The third kappa shape index (κ3) is 6.41. The van der Waals surface area contributed by atoms with Crippen molar-refractivity contribution >= 4 is 52.6 Å². The second-order valence-electron chi connectivity index (χ2n) is 9.49. The van der Waals surface area contributed by atoms with E-state index in [2.05, 4.69) is 21.2 Å². The summed E-state index contributed by atoms with van der Waals surface area (Å²) in [5, 5.41) is 3.79. The molecule has 0 atom stereocenters. The molecule has 1 N–H and O–H groups in total. The molecule has 7 nitrogen and oxygen atoms in total. The number of likely N-dealkylation sites (N-methyl/N-ethyl adjacent to an activating group) is 1. The quantitative estimate of drug-likeness (QED) is 0.408. The largest absolute Gasteiger partial charge is 0.497 e. The van der Waals surface area contributed by atoms with Gasteiger partial charge in [-0.05, 0) is 60.2 Å². The Hall–Kier alpha value is -3.46. The van der Waals surface area contributed by atoms with Crippen LogP contribution in [0.4, 0.5) is 11.4 Å². The van der Waals surface area contributed by atoms with Crippen molar-refractivity contribution in [3.63, 3.8) is 0 Å². The Kier molecular flexibility index (Phi) is 8.45. The zero-order valence-corrected chi connectivity index (χ0v) is 23.6. The predicted molar refractivity (Wildman–Crippen MR) is 159 cm³/mol. The van der Waals surface area contributed by atoms with Crippen molar-refractivity contribution in [1.29, 1.82) is 0 Å². The Morgan fingerprint density at radius 1 is 1.05 bits per heavy atom. The first-order valence-electron chi connectivity index (χ1n) is 12.9. The molecule has 202 valence electrons. The third-order valence-electron chi connectivity index (χ3n) is 6.99. The van der Waals surface area contributed by atoms with E-state index >= 15 is 0 Å². The van der Waals surface area contributed by atoms with Crippen molar-refractivity contribution in [2.24, 2.45) is 0 Å². The van der Waals surface area contributed by atoms with Gasteiger partial charge in [0, 0.05) is 67.5 Å². The van der Waals surface area contributed by atoms with Crippen molar-refractivity contribution in [2.75, 3.05) is 63.2 Å². The molecule has 2 aliphatic heterocycles. The van der Waals surface area contributed by atoms with Crippen molar-refractivity contribution in [3.8, 4) is 5.75 Å². The molecule has 39 heavy (non-hydrogen) atoms. The second-order valence-corrected chi connectivity index (χ2v) is 11.0. The van der Waals surface area contributed by atoms with Crippen LogP contribution in [0.25, 0.3) is 6.08 Å². The van der Waals surface area contributed by atoms with Gasteiger partial charge in [0.2, 0.25) is 0 Å². The van der Waals surface area contributed by atoms with Crippen molar-refractivity contribution in [3.05, 3.63) is 87.8 Å². The van der Waals surface area contributed by atoms with E-state index < -0.39 is 0 Å². The van der Waals surface area contributed by atoms with E-state index in [1.807, 2.05) is 60.7 Å². The highest BCUT2D eigenvalue weighted by Gasteiger charge is 2.27. The van der Waals surface area contributed by atoms with E-state index in [9.17, 15) is 9.59 Å². The fraction of sp³-hybridized carbons (Fsp3) is 0.267. The molecule has 1 saturated heterocycles. The van der Waals surface area contributed by atoms with Crippen LogP contribution in [0.2, 0.25) is 5.02 Å². The van der Waals surface area contributed by atoms with Crippen LogP contribution in [0.15, 0.2) is 76.5 Å². The lowest BCUT2D eigenvalue weighted by Gasteiger charge is -2.36. The van der Waals surface area contributed by atoms with Crippen LogP contribution in [0.1, 0.15) is 15.9 Å². The minimum atomic E-state index is -0.138. The number of fused-ring (bicyclic) bond motifs is 1. The van der Waals surface area contributed by atoms with Crippen molar-refractivity contribution < 1.29 is 14.3 Å². The molecular weight excluding hydrogens is 532 g/mol. The number of methoxy groups -OCH3 is 1. The number of amides is 2. The van der Waals surface area contributed by atoms with Gasteiger partial charge in [-0.1, -0.05) is 41.6 Å². The molecule has 2 aliphatic rings. The summed E-state index contributed by atoms with van der Waals surface area (Å²) in [4.78, 5) is 33.8. The van der Waals surface area contributed by atoms with Crippen LogP contribution < -0.4 is 19.9 Å². The molecule has 2 amide bonds. The van der Waals surface area contributed by atoms with Crippen LogP contribution in [-0.4, -0.2) is 70.1 Å². The topological polar surface area (TPSA) is 65.1 Å². The summed E-state index contributed by atoms with van der Waals surface area (Å²) in [5.41, 5.74) is 3.35. The smallest absolute Gasteiger partial charge is 0.264 e. The van der Waals surface area contributed by atoms with Gasteiger partial charge in [0.1, 0.15) is 5.75 Å². The van der Waals surface area contributed by atoms with Gasteiger partial charge in [0.15, 0.2) is 0 Å². The lowest BCUT2D eigenvalue weighted by Crippen LogP contribution is -2.48. The molecule has 0 unspecified atom stereocenters. The number of thioether (sulfide) groups is 1. The van der Waals surface area contributed by atoms with Gasteiger partial charge in [-0.2, -0.15) is 0 Å². The zero-order chi connectivity index (χ0) is 27.4. The van der Waals surface area contributed by atoms with Crippen molar-refractivity contribution in [2.45, 2.75) is 4.90 Å². The highest BCUT2D eigenvalue weighted by molar-refractivity contribution is 8.04. The number of hydrogen-bond acceptors (Lipinski definition) is 6. The number of halogens is 1. The van der Waals surface area contributed by atoms with Gasteiger partial charge in [-0.3, -0.25) is 14.5 Å². The number of benzene rings is 3. The Morgan fingerprint density at radius 2 is 1.82 bits per heavy atom. The van der Waals surface area contributed by atoms with E-state index in [-0.39, 0.29) is 11.8 Å². The molecular formula is C30H31ClN4O3S. The second kappa shape index (κ2) is 12.2. The highest BCUT2D eigenvalue weighted by Crippen LogP contribution is 2.42. The maximum Gasteiger partial charge on any atom is 0.264 e. The summed E-state index contributed by atoms with van der Waals surface area (Å²) >= 11 is 7.56. The zero-order valence-electron chi connectivity index (χ0n) is 22.0.